The quantitative estimate of drug-likeness (QED) is 0.554. The van der Waals surface area contributed by atoms with Gasteiger partial charge in [-0.3, -0.25) is 0 Å². The van der Waals surface area contributed by atoms with Crippen LogP contribution in [0.4, 0.5) is 11.9 Å². The maximum absolute atomic E-state index is 4.50. The van der Waals surface area contributed by atoms with E-state index in [0.29, 0.717) is 23.9 Å². The normalized spacial score (nSPS) is 12.2. The van der Waals surface area contributed by atoms with Gasteiger partial charge in [0.1, 0.15) is 5.82 Å². The van der Waals surface area contributed by atoms with E-state index in [9.17, 15) is 0 Å². The van der Waals surface area contributed by atoms with E-state index in [-0.39, 0.29) is 0 Å². The number of aromatic nitrogens is 3. The van der Waals surface area contributed by atoms with Crippen LogP contribution in [0.3, 0.4) is 0 Å². The molecule has 6 heteroatoms. The predicted octanol–water partition coefficient (Wildman–Crippen LogP) is 4.76. The lowest BCUT2D eigenvalue weighted by atomic mass is 10.0. The van der Waals surface area contributed by atoms with Gasteiger partial charge in [-0.15, -0.1) is 0 Å². The van der Waals surface area contributed by atoms with E-state index in [0.717, 1.165) is 30.3 Å². The molecule has 2 aromatic rings. The summed E-state index contributed by atoms with van der Waals surface area (Å²) in [6, 6.07) is 10.9. The minimum Gasteiger partial charge on any atom is -0.353 e. The van der Waals surface area contributed by atoms with Crippen molar-refractivity contribution >= 4 is 23.7 Å². The van der Waals surface area contributed by atoms with Crippen molar-refractivity contribution in [2.24, 2.45) is 5.92 Å². The monoisotopic (exact) mass is 373 g/mol. The smallest absolute Gasteiger partial charge is 0.227 e. The molecule has 0 aliphatic carbocycles. The van der Waals surface area contributed by atoms with Gasteiger partial charge in [-0.1, -0.05) is 44.2 Å². The van der Waals surface area contributed by atoms with Crippen molar-refractivity contribution in [2.45, 2.75) is 52.3 Å². The Hall–Kier alpha value is -1.82. The summed E-state index contributed by atoms with van der Waals surface area (Å²) in [6.45, 7) is 9.41. The van der Waals surface area contributed by atoms with Crippen molar-refractivity contribution in [1.29, 1.82) is 0 Å². The molecule has 0 saturated carbocycles. The lowest BCUT2D eigenvalue weighted by Crippen LogP contribution is -2.19. The third-order valence-electron chi connectivity index (χ3n) is 3.94. The highest BCUT2D eigenvalue weighted by Gasteiger charge is 2.08. The second kappa shape index (κ2) is 11.0. The van der Waals surface area contributed by atoms with Gasteiger partial charge < -0.3 is 10.6 Å². The highest BCUT2D eigenvalue weighted by molar-refractivity contribution is 7.98. The third kappa shape index (κ3) is 8.04. The molecule has 2 rings (SSSR count). The maximum atomic E-state index is 4.50. The standard InChI is InChI=1S/C20H31N5S/c1-15(2)10-11-16(3)22-20-24-17(4)23-19(25-20)21-12-13-26-14-18-8-6-5-7-9-18/h5-9,15-16H,10-14H2,1-4H3,(H2,21,22,23,24,25). The largest absolute Gasteiger partial charge is 0.353 e. The van der Waals surface area contributed by atoms with Crippen LogP contribution in [0.1, 0.15) is 45.0 Å². The minimum atomic E-state index is 0.355. The summed E-state index contributed by atoms with van der Waals surface area (Å²) in [7, 11) is 0. The minimum absolute atomic E-state index is 0.355. The van der Waals surface area contributed by atoms with E-state index in [1.807, 2.05) is 24.8 Å². The van der Waals surface area contributed by atoms with E-state index in [2.05, 4.69) is 70.6 Å². The zero-order valence-corrected chi connectivity index (χ0v) is 17.1. The van der Waals surface area contributed by atoms with Gasteiger partial charge in [-0.2, -0.15) is 26.7 Å². The Kier molecular flexibility index (Phi) is 8.68. The number of hydrogen-bond donors (Lipinski definition) is 2. The molecule has 0 amide bonds. The van der Waals surface area contributed by atoms with Crippen LogP contribution >= 0.6 is 11.8 Å². The zero-order valence-electron chi connectivity index (χ0n) is 16.3. The third-order valence-corrected chi connectivity index (χ3v) is 4.97. The van der Waals surface area contributed by atoms with Gasteiger partial charge in [0.05, 0.1) is 0 Å². The molecule has 5 nitrogen and oxygen atoms in total. The molecule has 0 bridgehead atoms. The van der Waals surface area contributed by atoms with Crippen LogP contribution < -0.4 is 10.6 Å². The molecule has 0 aliphatic heterocycles. The van der Waals surface area contributed by atoms with Crippen LogP contribution in [0.25, 0.3) is 0 Å². The van der Waals surface area contributed by atoms with Crippen LogP contribution in [0.15, 0.2) is 30.3 Å². The molecule has 0 fully saturated rings. The van der Waals surface area contributed by atoms with Crippen molar-refractivity contribution in [2.75, 3.05) is 22.9 Å². The summed E-state index contributed by atoms with van der Waals surface area (Å²) in [5.74, 6) is 4.79. The van der Waals surface area contributed by atoms with Crippen molar-refractivity contribution in [1.82, 2.24) is 15.0 Å². The van der Waals surface area contributed by atoms with Crippen LogP contribution in [0.2, 0.25) is 0 Å². The van der Waals surface area contributed by atoms with Crippen molar-refractivity contribution in [3.63, 3.8) is 0 Å². The molecule has 0 spiro atoms. The van der Waals surface area contributed by atoms with Crippen LogP contribution in [0.5, 0.6) is 0 Å². The molecule has 0 radical (unpaired) electrons. The Morgan fingerprint density at radius 2 is 1.69 bits per heavy atom. The van der Waals surface area contributed by atoms with Crippen molar-refractivity contribution < 1.29 is 0 Å². The highest BCUT2D eigenvalue weighted by atomic mass is 32.2. The second-order valence-corrected chi connectivity index (χ2v) is 8.12. The molecule has 0 aliphatic rings. The fourth-order valence-corrected chi connectivity index (χ4v) is 3.32. The number of benzene rings is 1. The second-order valence-electron chi connectivity index (χ2n) is 7.01. The molecule has 1 aromatic carbocycles. The van der Waals surface area contributed by atoms with E-state index in [1.54, 1.807) is 0 Å². The Labute approximate surface area is 161 Å². The SMILES string of the molecule is Cc1nc(NCCSCc2ccccc2)nc(NC(C)CCC(C)C)n1. The fourth-order valence-electron chi connectivity index (χ4n) is 2.50. The van der Waals surface area contributed by atoms with Gasteiger partial charge in [-0.25, -0.2) is 0 Å². The lowest BCUT2D eigenvalue weighted by Gasteiger charge is -2.15. The summed E-state index contributed by atoms with van der Waals surface area (Å²) in [5.41, 5.74) is 1.36. The summed E-state index contributed by atoms with van der Waals surface area (Å²) in [5, 5.41) is 6.71. The fraction of sp³-hybridized carbons (Fsp3) is 0.550. The Balaban J connectivity index is 1.75. The molecule has 1 unspecified atom stereocenters. The summed E-state index contributed by atoms with van der Waals surface area (Å²) in [6.07, 6.45) is 2.31. The lowest BCUT2D eigenvalue weighted by molar-refractivity contribution is 0.526. The number of nitrogens with zero attached hydrogens (tertiary/aromatic N) is 3. The molecular formula is C20H31N5S. The Morgan fingerprint density at radius 1 is 0.962 bits per heavy atom. The number of aryl methyl sites for hydroxylation is 1. The molecule has 1 aromatic heterocycles. The molecule has 1 atom stereocenters. The first-order valence-corrected chi connectivity index (χ1v) is 10.5. The van der Waals surface area contributed by atoms with Gasteiger partial charge in [0.15, 0.2) is 0 Å². The van der Waals surface area contributed by atoms with E-state index < -0.39 is 0 Å². The predicted molar refractivity (Wildman–Crippen MR) is 113 cm³/mol. The topological polar surface area (TPSA) is 62.7 Å². The number of thioether (sulfide) groups is 1. The molecule has 26 heavy (non-hydrogen) atoms. The van der Waals surface area contributed by atoms with Gasteiger partial charge in [0.25, 0.3) is 0 Å². The number of hydrogen-bond acceptors (Lipinski definition) is 6. The van der Waals surface area contributed by atoms with Crippen LogP contribution in [-0.2, 0) is 5.75 Å². The Bertz CT molecular complexity index is 648. The average Bonchev–Trinajstić information content (AvgIpc) is 2.60. The average molecular weight is 374 g/mol. The molecule has 142 valence electrons. The highest BCUT2D eigenvalue weighted by Crippen LogP contribution is 2.13. The van der Waals surface area contributed by atoms with Gasteiger partial charge in [-0.05, 0) is 38.2 Å². The van der Waals surface area contributed by atoms with Gasteiger partial charge in [0, 0.05) is 24.1 Å². The first-order chi connectivity index (χ1) is 12.5. The van der Waals surface area contributed by atoms with Gasteiger partial charge in [0.2, 0.25) is 11.9 Å². The van der Waals surface area contributed by atoms with Crippen LogP contribution in [-0.4, -0.2) is 33.3 Å². The first kappa shape index (κ1) is 20.5. The Morgan fingerprint density at radius 3 is 2.42 bits per heavy atom. The zero-order chi connectivity index (χ0) is 18.8. The summed E-state index contributed by atoms with van der Waals surface area (Å²) in [4.78, 5) is 13.3. The number of nitrogens with one attached hydrogen (secondary N) is 2. The van der Waals surface area contributed by atoms with Crippen molar-refractivity contribution in [3.05, 3.63) is 41.7 Å². The molecule has 0 saturated heterocycles. The first-order valence-electron chi connectivity index (χ1n) is 9.37. The summed E-state index contributed by atoms with van der Waals surface area (Å²) < 4.78 is 0. The van der Waals surface area contributed by atoms with E-state index in [1.165, 1.54) is 12.0 Å². The number of rotatable bonds is 11. The van der Waals surface area contributed by atoms with E-state index in [4.69, 9.17) is 0 Å². The number of anilines is 2. The molecule has 2 N–H and O–H groups in total. The summed E-state index contributed by atoms with van der Waals surface area (Å²) >= 11 is 1.90. The maximum Gasteiger partial charge on any atom is 0.227 e. The van der Waals surface area contributed by atoms with Crippen LogP contribution in [0, 0.1) is 12.8 Å². The van der Waals surface area contributed by atoms with Crippen molar-refractivity contribution in [3.8, 4) is 0 Å². The molecular weight excluding hydrogens is 342 g/mol. The van der Waals surface area contributed by atoms with Gasteiger partial charge >= 0.3 is 0 Å². The van der Waals surface area contributed by atoms with E-state index >= 15 is 0 Å². The molecule has 1 heterocycles.